The molecule has 0 aliphatic rings. The van der Waals surface area contributed by atoms with E-state index in [4.69, 9.17) is 4.74 Å². The Kier molecular flexibility index (Phi) is 4.16. The fourth-order valence-electron chi connectivity index (χ4n) is 1.23. The Bertz CT molecular complexity index is 334. The minimum Gasteiger partial charge on any atom is -0.484 e. The van der Waals surface area contributed by atoms with Crippen molar-refractivity contribution in [2.45, 2.75) is 26.8 Å². The van der Waals surface area contributed by atoms with Crippen molar-refractivity contribution in [2.24, 2.45) is 0 Å². The van der Waals surface area contributed by atoms with Crippen LogP contribution in [0.5, 0.6) is 5.75 Å². The zero-order chi connectivity index (χ0) is 11.3. The molecule has 82 valence electrons. The highest BCUT2D eigenvalue weighted by atomic mass is 16.5. The van der Waals surface area contributed by atoms with Crippen molar-refractivity contribution in [3.05, 3.63) is 29.8 Å². The third-order valence-corrected chi connectivity index (χ3v) is 1.90. The van der Waals surface area contributed by atoms with E-state index < -0.39 is 0 Å². The van der Waals surface area contributed by atoms with Gasteiger partial charge in [-0.05, 0) is 32.4 Å². The average Bonchev–Trinajstić information content (AvgIpc) is 2.15. The molecule has 3 nitrogen and oxygen atoms in total. The lowest BCUT2D eigenvalue weighted by Crippen LogP contribution is -2.34. The van der Waals surface area contributed by atoms with Crippen LogP contribution < -0.4 is 10.1 Å². The van der Waals surface area contributed by atoms with E-state index in [0.717, 1.165) is 11.3 Å². The molecule has 1 aromatic carbocycles. The van der Waals surface area contributed by atoms with Gasteiger partial charge in [-0.2, -0.15) is 0 Å². The maximum Gasteiger partial charge on any atom is 0.258 e. The van der Waals surface area contributed by atoms with Crippen molar-refractivity contribution in [3.63, 3.8) is 0 Å². The molecule has 0 atom stereocenters. The minimum absolute atomic E-state index is 0.0725. The van der Waals surface area contributed by atoms with Gasteiger partial charge in [0.2, 0.25) is 0 Å². The summed E-state index contributed by atoms with van der Waals surface area (Å²) in [5, 5.41) is 2.77. The number of hydrogen-bond acceptors (Lipinski definition) is 2. The van der Waals surface area contributed by atoms with Crippen LogP contribution >= 0.6 is 0 Å². The number of ether oxygens (including phenoxy) is 1. The molecule has 1 N–H and O–H groups in total. The number of hydrogen-bond donors (Lipinski definition) is 1. The lowest BCUT2D eigenvalue weighted by atomic mass is 10.2. The molecule has 0 spiro atoms. The van der Waals surface area contributed by atoms with Crippen LogP contribution in [0.4, 0.5) is 0 Å². The second-order valence-electron chi connectivity index (χ2n) is 3.78. The molecule has 1 aromatic rings. The molecule has 0 bridgehead atoms. The van der Waals surface area contributed by atoms with Crippen LogP contribution in [-0.4, -0.2) is 18.6 Å². The van der Waals surface area contributed by atoms with Gasteiger partial charge in [-0.15, -0.1) is 0 Å². The first-order valence-corrected chi connectivity index (χ1v) is 5.07. The summed E-state index contributed by atoms with van der Waals surface area (Å²) in [5.74, 6) is 0.671. The quantitative estimate of drug-likeness (QED) is 0.819. The smallest absolute Gasteiger partial charge is 0.258 e. The van der Waals surface area contributed by atoms with E-state index >= 15 is 0 Å². The zero-order valence-corrected chi connectivity index (χ0v) is 9.41. The maximum absolute atomic E-state index is 11.3. The van der Waals surface area contributed by atoms with Crippen LogP contribution in [0, 0.1) is 6.92 Å². The van der Waals surface area contributed by atoms with Crippen molar-refractivity contribution in [1.29, 1.82) is 0 Å². The zero-order valence-electron chi connectivity index (χ0n) is 9.41. The van der Waals surface area contributed by atoms with Crippen molar-refractivity contribution in [3.8, 4) is 5.75 Å². The van der Waals surface area contributed by atoms with Crippen molar-refractivity contribution < 1.29 is 9.53 Å². The Labute approximate surface area is 90.4 Å². The highest BCUT2D eigenvalue weighted by Crippen LogP contribution is 2.15. The summed E-state index contributed by atoms with van der Waals surface area (Å²) in [7, 11) is 0. The monoisotopic (exact) mass is 207 g/mol. The predicted molar refractivity (Wildman–Crippen MR) is 60.0 cm³/mol. The normalized spacial score (nSPS) is 10.1. The highest BCUT2D eigenvalue weighted by Gasteiger charge is 2.04. The van der Waals surface area contributed by atoms with E-state index in [9.17, 15) is 4.79 Å². The predicted octanol–water partition coefficient (Wildman–Crippen LogP) is 1.90. The van der Waals surface area contributed by atoms with E-state index in [2.05, 4.69) is 5.32 Å². The number of benzene rings is 1. The molecule has 15 heavy (non-hydrogen) atoms. The first kappa shape index (κ1) is 11.6. The molecule has 3 heteroatoms. The number of rotatable bonds is 4. The van der Waals surface area contributed by atoms with E-state index in [1.807, 2.05) is 45.0 Å². The second-order valence-corrected chi connectivity index (χ2v) is 3.78. The van der Waals surface area contributed by atoms with E-state index in [0.29, 0.717) is 0 Å². The number of para-hydroxylation sites is 1. The van der Waals surface area contributed by atoms with Gasteiger partial charge in [0, 0.05) is 6.04 Å². The maximum atomic E-state index is 11.3. The molecule has 0 saturated heterocycles. The minimum atomic E-state index is -0.0896. The van der Waals surface area contributed by atoms with E-state index in [-0.39, 0.29) is 18.6 Å². The van der Waals surface area contributed by atoms with Crippen LogP contribution in [0.2, 0.25) is 0 Å². The van der Waals surface area contributed by atoms with Crippen molar-refractivity contribution in [2.75, 3.05) is 6.61 Å². The van der Waals surface area contributed by atoms with E-state index in [1.54, 1.807) is 0 Å². The molecule has 0 radical (unpaired) electrons. The Morgan fingerprint density at radius 2 is 2.07 bits per heavy atom. The molecule has 1 rings (SSSR count). The van der Waals surface area contributed by atoms with Gasteiger partial charge in [-0.1, -0.05) is 18.2 Å². The molecule has 0 unspecified atom stereocenters. The summed E-state index contributed by atoms with van der Waals surface area (Å²) in [4.78, 5) is 11.3. The summed E-state index contributed by atoms with van der Waals surface area (Å²) >= 11 is 0. The summed E-state index contributed by atoms with van der Waals surface area (Å²) in [6.07, 6.45) is 0. The fourth-order valence-corrected chi connectivity index (χ4v) is 1.23. The average molecular weight is 207 g/mol. The van der Waals surface area contributed by atoms with Gasteiger partial charge >= 0.3 is 0 Å². The SMILES string of the molecule is Cc1ccccc1OCC(=O)NC(C)C. The third kappa shape index (κ3) is 4.02. The number of aryl methyl sites for hydroxylation is 1. The fraction of sp³-hybridized carbons (Fsp3) is 0.417. The first-order chi connectivity index (χ1) is 7.09. The highest BCUT2D eigenvalue weighted by molar-refractivity contribution is 5.77. The third-order valence-electron chi connectivity index (χ3n) is 1.90. The topological polar surface area (TPSA) is 38.3 Å². The molecule has 0 aromatic heterocycles. The molecule has 0 heterocycles. The lowest BCUT2D eigenvalue weighted by molar-refractivity contribution is -0.123. The van der Waals surface area contributed by atoms with Crippen molar-refractivity contribution in [1.82, 2.24) is 5.32 Å². The van der Waals surface area contributed by atoms with Gasteiger partial charge < -0.3 is 10.1 Å². The van der Waals surface area contributed by atoms with Gasteiger partial charge in [0.1, 0.15) is 5.75 Å². The number of carbonyl (C=O) groups excluding carboxylic acids is 1. The molecule has 0 aliphatic carbocycles. The van der Waals surface area contributed by atoms with Gasteiger partial charge in [0.15, 0.2) is 6.61 Å². The van der Waals surface area contributed by atoms with Gasteiger partial charge in [-0.3, -0.25) is 4.79 Å². The molecular weight excluding hydrogens is 190 g/mol. The Hall–Kier alpha value is -1.51. The second kappa shape index (κ2) is 5.39. The summed E-state index contributed by atoms with van der Waals surface area (Å²) in [5.41, 5.74) is 1.04. The van der Waals surface area contributed by atoms with Crippen LogP contribution in [0.25, 0.3) is 0 Å². The van der Waals surface area contributed by atoms with Gasteiger partial charge in [-0.25, -0.2) is 0 Å². The van der Waals surface area contributed by atoms with Crippen LogP contribution in [0.3, 0.4) is 0 Å². The van der Waals surface area contributed by atoms with Gasteiger partial charge in [0.25, 0.3) is 5.91 Å². The summed E-state index contributed by atoms with van der Waals surface area (Å²) < 4.78 is 5.39. The lowest BCUT2D eigenvalue weighted by Gasteiger charge is -2.10. The molecular formula is C12H17NO2. The molecule has 0 fully saturated rings. The summed E-state index contributed by atoms with van der Waals surface area (Å²) in [6, 6.07) is 7.80. The van der Waals surface area contributed by atoms with Crippen LogP contribution in [-0.2, 0) is 4.79 Å². The van der Waals surface area contributed by atoms with Crippen LogP contribution in [0.1, 0.15) is 19.4 Å². The van der Waals surface area contributed by atoms with Crippen molar-refractivity contribution >= 4 is 5.91 Å². The van der Waals surface area contributed by atoms with Crippen LogP contribution in [0.15, 0.2) is 24.3 Å². The van der Waals surface area contributed by atoms with Gasteiger partial charge in [0.05, 0.1) is 0 Å². The Morgan fingerprint density at radius 3 is 2.67 bits per heavy atom. The number of amides is 1. The molecule has 1 amide bonds. The molecule has 0 saturated carbocycles. The van der Waals surface area contributed by atoms with E-state index in [1.165, 1.54) is 0 Å². The number of nitrogens with one attached hydrogen (secondary N) is 1. The standard InChI is InChI=1S/C12H17NO2/c1-9(2)13-12(14)8-15-11-7-5-4-6-10(11)3/h4-7,9H,8H2,1-3H3,(H,13,14). The first-order valence-electron chi connectivity index (χ1n) is 5.07. The Balaban J connectivity index is 2.44. The summed E-state index contributed by atoms with van der Waals surface area (Å²) in [6.45, 7) is 5.87. The number of carbonyl (C=O) groups is 1. The Morgan fingerprint density at radius 1 is 1.40 bits per heavy atom. The largest absolute Gasteiger partial charge is 0.484 e. The molecule has 0 aliphatic heterocycles.